The Bertz CT molecular complexity index is 328. The monoisotopic (exact) mass is 249 g/mol. The van der Waals surface area contributed by atoms with Crippen LogP contribution >= 0.6 is 0 Å². The average molecular weight is 249 g/mol. The van der Waals surface area contributed by atoms with Crippen molar-refractivity contribution >= 4 is 0 Å². The van der Waals surface area contributed by atoms with E-state index in [0.717, 1.165) is 11.8 Å². The van der Waals surface area contributed by atoms with Gasteiger partial charge in [-0.1, -0.05) is 32.1 Å². The second-order valence-corrected chi connectivity index (χ2v) is 6.52. The number of fused-ring (bicyclic) bond motifs is 1. The Morgan fingerprint density at radius 3 is 2.39 bits per heavy atom. The lowest BCUT2D eigenvalue weighted by atomic mass is 9.73. The molecular formula is C16H27NO. The van der Waals surface area contributed by atoms with E-state index in [-0.39, 0.29) is 6.10 Å². The van der Waals surface area contributed by atoms with Crippen LogP contribution < -0.4 is 5.32 Å². The molecule has 2 N–H and O–H groups in total. The predicted octanol–water partition coefficient (Wildman–Crippen LogP) is 3.36. The highest BCUT2D eigenvalue weighted by atomic mass is 16.3. The molecular weight excluding hydrogens is 222 g/mol. The molecule has 2 saturated carbocycles. The van der Waals surface area contributed by atoms with E-state index >= 15 is 0 Å². The molecule has 2 nitrogen and oxygen atoms in total. The van der Waals surface area contributed by atoms with E-state index in [1.165, 1.54) is 63.5 Å². The lowest BCUT2D eigenvalue weighted by Gasteiger charge is -2.32. The van der Waals surface area contributed by atoms with Crippen LogP contribution in [0.4, 0.5) is 0 Å². The van der Waals surface area contributed by atoms with Crippen molar-refractivity contribution in [1.82, 2.24) is 5.32 Å². The number of aliphatic hydroxyl groups is 1. The molecule has 0 aromatic heterocycles. The Labute approximate surface area is 111 Å². The zero-order valence-corrected chi connectivity index (χ0v) is 11.6. The Morgan fingerprint density at radius 1 is 1.00 bits per heavy atom. The lowest BCUT2D eigenvalue weighted by Crippen LogP contribution is -2.33. The molecule has 3 atom stereocenters. The van der Waals surface area contributed by atoms with Gasteiger partial charge in [-0.2, -0.15) is 0 Å². The quantitative estimate of drug-likeness (QED) is 0.786. The number of nitrogens with one attached hydrogen (secondary N) is 1. The van der Waals surface area contributed by atoms with E-state index < -0.39 is 0 Å². The zero-order chi connectivity index (χ0) is 12.5. The standard InChI is InChI=1S/C16H27NO/c1-11(18)16-15(12-7-3-2-4-8-12)13-9-5-6-10-14(13)17-16/h11-14,17-18H,2-10H2,1H3. The Balaban J connectivity index is 1.86. The fraction of sp³-hybridized carbons (Fsp3) is 0.875. The highest BCUT2D eigenvalue weighted by Crippen LogP contribution is 2.44. The van der Waals surface area contributed by atoms with Crippen molar-refractivity contribution in [2.75, 3.05) is 0 Å². The maximum atomic E-state index is 10.1. The molecule has 2 heteroatoms. The maximum Gasteiger partial charge on any atom is 0.0906 e. The van der Waals surface area contributed by atoms with E-state index in [2.05, 4.69) is 5.32 Å². The summed E-state index contributed by atoms with van der Waals surface area (Å²) in [4.78, 5) is 0. The fourth-order valence-electron chi connectivity index (χ4n) is 4.46. The number of hydrogen-bond donors (Lipinski definition) is 2. The van der Waals surface area contributed by atoms with Gasteiger partial charge in [0.15, 0.2) is 0 Å². The van der Waals surface area contributed by atoms with Gasteiger partial charge >= 0.3 is 0 Å². The third-order valence-electron chi connectivity index (χ3n) is 5.28. The van der Waals surface area contributed by atoms with Crippen LogP contribution in [0.2, 0.25) is 0 Å². The largest absolute Gasteiger partial charge is 0.387 e. The predicted molar refractivity (Wildman–Crippen MR) is 74.2 cm³/mol. The van der Waals surface area contributed by atoms with E-state index in [0.29, 0.717) is 6.04 Å². The summed E-state index contributed by atoms with van der Waals surface area (Å²) < 4.78 is 0. The van der Waals surface area contributed by atoms with E-state index in [4.69, 9.17) is 0 Å². The molecule has 0 aromatic carbocycles. The first-order valence-electron chi connectivity index (χ1n) is 7.96. The van der Waals surface area contributed by atoms with E-state index in [1.54, 1.807) is 5.57 Å². The minimum Gasteiger partial charge on any atom is -0.387 e. The molecule has 3 aliphatic rings. The summed E-state index contributed by atoms with van der Waals surface area (Å²) in [7, 11) is 0. The molecule has 1 aliphatic heterocycles. The van der Waals surface area contributed by atoms with Gasteiger partial charge in [0.2, 0.25) is 0 Å². The van der Waals surface area contributed by atoms with Crippen LogP contribution in [-0.4, -0.2) is 17.3 Å². The van der Waals surface area contributed by atoms with Crippen molar-refractivity contribution in [3.05, 3.63) is 11.3 Å². The van der Waals surface area contributed by atoms with E-state index in [1.807, 2.05) is 6.92 Å². The van der Waals surface area contributed by atoms with E-state index in [9.17, 15) is 5.11 Å². The van der Waals surface area contributed by atoms with Gasteiger partial charge in [-0.15, -0.1) is 0 Å². The number of aliphatic hydroxyl groups excluding tert-OH is 1. The number of hydrogen-bond acceptors (Lipinski definition) is 2. The van der Waals surface area contributed by atoms with Crippen molar-refractivity contribution in [3.8, 4) is 0 Å². The van der Waals surface area contributed by atoms with Crippen LogP contribution in [-0.2, 0) is 0 Å². The summed E-state index contributed by atoms with van der Waals surface area (Å²) in [5.74, 6) is 1.51. The number of rotatable bonds is 2. The molecule has 0 bridgehead atoms. The molecule has 3 unspecified atom stereocenters. The summed E-state index contributed by atoms with van der Waals surface area (Å²) in [5.41, 5.74) is 2.84. The summed E-state index contributed by atoms with van der Waals surface area (Å²) in [6, 6.07) is 0.639. The van der Waals surface area contributed by atoms with Gasteiger partial charge in [-0.05, 0) is 44.1 Å². The minimum absolute atomic E-state index is 0.299. The lowest BCUT2D eigenvalue weighted by molar-refractivity contribution is 0.219. The summed E-state index contributed by atoms with van der Waals surface area (Å²) in [6.45, 7) is 1.93. The van der Waals surface area contributed by atoms with Gasteiger partial charge in [0.1, 0.15) is 0 Å². The Hall–Kier alpha value is -0.500. The maximum absolute atomic E-state index is 10.1. The van der Waals surface area contributed by atoms with Crippen molar-refractivity contribution in [2.45, 2.75) is 76.9 Å². The molecule has 0 radical (unpaired) electrons. The second kappa shape index (κ2) is 5.24. The smallest absolute Gasteiger partial charge is 0.0906 e. The van der Waals surface area contributed by atoms with Crippen molar-refractivity contribution in [1.29, 1.82) is 0 Å². The molecule has 0 amide bonds. The Morgan fingerprint density at radius 2 is 1.67 bits per heavy atom. The molecule has 102 valence electrons. The van der Waals surface area contributed by atoms with Crippen LogP contribution in [0, 0.1) is 11.8 Å². The molecule has 3 rings (SSSR count). The van der Waals surface area contributed by atoms with Gasteiger partial charge in [0.25, 0.3) is 0 Å². The fourth-order valence-corrected chi connectivity index (χ4v) is 4.46. The van der Waals surface area contributed by atoms with Crippen LogP contribution in [0.3, 0.4) is 0 Å². The van der Waals surface area contributed by atoms with Crippen LogP contribution in [0.15, 0.2) is 11.3 Å². The van der Waals surface area contributed by atoms with Crippen molar-refractivity contribution < 1.29 is 5.11 Å². The molecule has 0 aromatic rings. The second-order valence-electron chi connectivity index (χ2n) is 6.52. The summed E-state index contributed by atoms with van der Waals surface area (Å²) in [5, 5.41) is 13.7. The van der Waals surface area contributed by atoms with Crippen LogP contribution in [0.1, 0.15) is 64.7 Å². The average Bonchev–Trinajstić information content (AvgIpc) is 2.79. The highest BCUT2D eigenvalue weighted by Gasteiger charge is 2.40. The van der Waals surface area contributed by atoms with Crippen LogP contribution in [0.25, 0.3) is 0 Å². The third-order valence-corrected chi connectivity index (χ3v) is 5.28. The molecule has 1 heterocycles. The summed E-state index contributed by atoms with van der Waals surface area (Å²) in [6.07, 6.45) is 12.0. The van der Waals surface area contributed by atoms with Gasteiger partial charge in [-0.3, -0.25) is 0 Å². The first-order chi connectivity index (χ1) is 8.77. The highest BCUT2D eigenvalue weighted by molar-refractivity contribution is 5.30. The molecule has 0 spiro atoms. The normalized spacial score (nSPS) is 35.2. The van der Waals surface area contributed by atoms with Gasteiger partial charge in [-0.25, -0.2) is 0 Å². The van der Waals surface area contributed by atoms with Gasteiger partial charge < -0.3 is 10.4 Å². The molecule has 18 heavy (non-hydrogen) atoms. The SMILES string of the molecule is CC(O)C1=C(C2CCCCC2)C2CCCCC2N1. The molecule has 2 aliphatic carbocycles. The van der Waals surface area contributed by atoms with Gasteiger partial charge in [0, 0.05) is 17.7 Å². The zero-order valence-electron chi connectivity index (χ0n) is 11.6. The van der Waals surface area contributed by atoms with Gasteiger partial charge in [0.05, 0.1) is 6.10 Å². The molecule has 2 fully saturated rings. The first kappa shape index (κ1) is 12.5. The first-order valence-corrected chi connectivity index (χ1v) is 7.96. The van der Waals surface area contributed by atoms with Crippen molar-refractivity contribution in [3.63, 3.8) is 0 Å². The minimum atomic E-state index is -0.299. The topological polar surface area (TPSA) is 32.3 Å². The summed E-state index contributed by atoms with van der Waals surface area (Å²) >= 11 is 0. The van der Waals surface area contributed by atoms with Crippen molar-refractivity contribution in [2.24, 2.45) is 11.8 Å². The van der Waals surface area contributed by atoms with Crippen LogP contribution in [0.5, 0.6) is 0 Å². The third kappa shape index (κ3) is 2.20. The Kier molecular flexibility index (Phi) is 3.65. The molecule has 0 saturated heterocycles.